The van der Waals surface area contributed by atoms with Crippen LogP contribution in [0.2, 0.25) is 0 Å². The molecule has 0 saturated carbocycles. The Hall–Kier alpha value is -0.900. The highest BCUT2D eigenvalue weighted by atomic mass is 16.5. The zero-order chi connectivity index (χ0) is 14.7. The van der Waals surface area contributed by atoms with Crippen molar-refractivity contribution in [1.82, 2.24) is 10.2 Å². The monoisotopic (exact) mass is 288 g/mol. The van der Waals surface area contributed by atoms with Gasteiger partial charge in [0.05, 0.1) is 6.61 Å². The van der Waals surface area contributed by atoms with Crippen LogP contribution in [0.3, 0.4) is 0 Å². The summed E-state index contributed by atoms with van der Waals surface area (Å²) in [6, 6.07) is 12.0. The quantitative estimate of drug-likeness (QED) is 0.921. The summed E-state index contributed by atoms with van der Waals surface area (Å²) in [5.41, 5.74) is 1.70. The second kappa shape index (κ2) is 6.47. The molecule has 0 amide bonds. The largest absolute Gasteiger partial charge is 0.380 e. The summed E-state index contributed by atoms with van der Waals surface area (Å²) < 4.78 is 5.64. The number of hydrogen-bond donors (Lipinski definition) is 1. The van der Waals surface area contributed by atoms with Gasteiger partial charge in [0.2, 0.25) is 0 Å². The lowest BCUT2D eigenvalue weighted by Gasteiger charge is -2.50. The average molecular weight is 288 g/mol. The van der Waals surface area contributed by atoms with Crippen molar-refractivity contribution in [2.24, 2.45) is 0 Å². The van der Waals surface area contributed by atoms with Crippen LogP contribution in [0.5, 0.6) is 0 Å². The molecule has 3 atom stereocenters. The van der Waals surface area contributed by atoms with Crippen LogP contribution in [0, 0.1) is 0 Å². The lowest BCUT2D eigenvalue weighted by Crippen LogP contribution is -2.66. The first-order valence-electron chi connectivity index (χ1n) is 8.33. The highest BCUT2D eigenvalue weighted by molar-refractivity contribution is 5.16. The van der Waals surface area contributed by atoms with Crippen molar-refractivity contribution in [3.63, 3.8) is 0 Å². The van der Waals surface area contributed by atoms with Gasteiger partial charge < -0.3 is 10.1 Å². The molecule has 3 nitrogen and oxygen atoms in total. The molecule has 1 N–H and O–H groups in total. The Kier molecular flexibility index (Phi) is 4.63. The van der Waals surface area contributed by atoms with E-state index < -0.39 is 0 Å². The second-order valence-corrected chi connectivity index (χ2v) is 6.79. The number of hydrogen-bond acceptors (Lipinski definition) is 3. The Balaban J connectivity index is 1.69. The molecule has 0 aromatic heterocycles. The average Bonchev–Trinajstić information content (AvgIpc) is 3.04. The van der Waals surface area contributed by atoms with Gasteiger partial charge in [0.1, 0.15) is 0 Å². The highest BCUT2D eigenvalue weighted by Gasteiger charge is 2.41. The minimum absolute atomic E-state index is 0.269. The van der Waals surface area contributed by atoms with Crippen molar-refractivity contribution in [2.75, 3.05) is 26.3 Å². The fourth-order valence-corrected chi connectivity index (χ4v) is 3.71. The summed E-state index contributed by atoms with van der Waals surface area (Å²) in [5.74, 6) is 0. The summed E-state index contributed by atoms with van der Waals surface area (Å²) in [4.78, 5) is 2.73. The molecule has 2 saturated heterocycles. The minimum Gasteiger partial charge on any atom is -0.380 e. The third kappa shape index (κ3) is 3.31. The zero-order valence-corrected chi connectivity index (χ0v) is 13.3. The SMILES string of the molecule is CCC1(C)CNC(Cc2ccccc2)CN1C1CCOC1. The second-order valence-electron chi connectivity index (χ2n) is 6.79. The van der Waals surface area contributed by atoms with Crippen LogP contribution in [-0.2, 0) is 11.2 Å². The normalized spacial score (nSPS) is 34.2. The van der Waals surface area contributed by atoms with Gasteiger partial charge in [-0.25, -0.2) is 0 Å². The van der Waals surface area contributed by atoms with Gasteiger partial charge >= 0.3 is 0 Å². The van der Waals surface area contributed by atoms with E-state index in [2.05, 4.69) is 54.4 Å². The van der Waals surface area contributed by atoms with Gasteiger partial charge in [-0.2, -0.15) is 0 Å². The molecule has 3 rings (SSSR count). The molecule has 0 spiro atoms. The highest BCUT2D eigenvalue weighted by Crippen LogP contribution is 2.29. The lowest BCUT2D eigenvalue weighted by atomic mass is 9.88. The standard InChI is InChI=1S/C18H28N2O/c1-3-18(2)14-19-16(11-15-7-5-4-6-8-15)12-20(18)17-9-10-21-13-17/h4-8,16-17,19H,3,9-14H2,1-2H3. The summed E-state index contributed by atoms with van der Waals surface area (Å²) in [6.07, 6.45) is 3.49. The Morgan fingerprint density at radius 2 is 2.14 bits per heavy atom. The van der Waals surface area contributed by atoms with Crippen LogP contribution in [0.1, 0.15) is 32.3 Å². The number of ether oxygens (including phenoxy) is 1. The summed E-state index contributed by atoms with van der Waals surface area (Å²) >= 11 is 0. The summed E-state index contributed by atoms with van der Waals surface area (Å²) in [6.45, 7) is 8.76. The number of nitrogens with one attached hydrogen (secondary N) is 1. The van der Waals surface area contributed by atoms with Gasteiger partial charge in [-0.1, -0.05) is 37.3 Å². The van der Waals surface area contributed by atoms with E-state index in [1.165, 1.54) is 18.4 Å². The van der Waals surface area contributed by atoms with E-state index in [-0.39, 0.29) is 5.54 Å². The lowest BCUT2D eigenvalue weighted by molar-refractivity contribution is 0.00628. The van der Waals surface area contributed by atoms with E-state index >= 15 is 0 Å². The molecular weight excluding hydrogens is 260 g/mol. The molecule has 2 aliphatic heterocycles. The van der Waals surface area contributed by atoms with Crippen LogP contribution in [0.4, 0.5) is 0 Å². The molecule has 116 valence electrons. The molecule has 1 aromatic carbocycles. The molecule has 2 fully saturated rings. The van der Waals surface area contributed by atoms with Gasteiger partial charge in [0.25, 0.3) is 0 Å². The number of benzene rings is 1. The maximum Gasteiger partial charge on any atom is 0.0622 e. The predicted molar refractivity (Wildman–Crippen MR) is 86.6 cm³/mol. The smallest absolute Gasteiger partial charge is 0.0622 e. The number of piperazine rings is 1. The van der Waals surface area contributed by atoms with Crippen molar-refractivity contribution >= 4 is 0 Å². The summed E-state index contributed by atoms with van der Waals surface area (Å²) in [5, 5.41) is 3.78. The van der Waals surface area contributed by atoms with Crippen molar-refractivity contribution in [3.8, 4) is 0 Å². The molecule has 0 aliphatic carbocycles. The van der Waals surface area contributed by atoms with Crippen LogP contribution in [0.15, 0.2) is 30.3 Å². The molecular formula is C18H28N2O. The molecule has 0 bridgehead atoms. The zero-order valence-electron chi connectivity index (χ0n) is 13.3. The molecule has 2 aliphatic rings. The molecule has 2 heterocycles. The third-order valence-electron chi connectivity index (χ3n) is 5.32. The van der Waals surface area contributed by atoms with Crippen molar-refractivity contribution in [3.05, 3.63) is 35.9 Å². The summed E-state index contributed by atoms with van der Waals surface area (Å²) in [7, 11) is 0. The first-order chi connectivity index (χ1) is 10.2. The van der Waals surface area contributed by atoms with E-state index in [4.69, 9.17) is 4.74 Å². The van der Waals surface area contributed by atoms with Gasteiger partial charge in [-0.05, 0) is 31.7 Å². The van der Waals surface area contributed by atoms with Gasteiger partial charge in [-0.3, -0.25) is 4.90 Å². The maximum atomic E-state index is 5.64. The molecule has 1 aromatic rings. The Morgan fingerprint density at radius 3 is 2.81 bits per heavy atom. The minimum atomic E-state index is 0.269. The molecule has 0 radical (unpaired) electrons. The maximum absolute atomic E-state index is 5.64. The predicted octanol–water partition coefficient (Wildman–Crippen LogP) is 2.46. The number of nitrogens with zero attached hydrogens (tertiary/aromatic N) is 1. The fourth-order valence-electron chi connectivity index (χ4n) is 3.71. The van der Waals surface area contributed by atoms with E-state index in [1.54, 1.807) is 0 Å². The number of rotatable bonds is 4. The van der Waals surface area contributed by atoms with Gasteiger partial charge in [0, 0.05) is 37.3 Å². The Morgan fingerprint density at radius 1 is 1.33 bits per heavy atom. The van der Waals surface area contributed by atoms with E-state index in [1.807, 2.05) is 0 Å². The fraction of sp³-hybridized carbons (Fsp3) is 0.667. The molecule has 3 heteroatoms. The third-order valence-corrected chi connectivity index (χ3v) is 5.32. The van der Waals surface area contributed by atoms with E-state index in [0.717, 1.165) is 32.7 Å². The Labute approximate surface area is 128 Å². The van der Waals surface area contributed by atoms with E-state index in [9.17, 15) is 0 Å². The topological polar surface area (TPSA) is 24.5 Å². The van der Waals surface area contributed by atoms with E-state index in [0.29, 0.717) is 12.1 Å². The molecule has 21 heavy (non-hydrogen) atoms. The van der Waals surface area contributed by atoms with Crippen molar-refractivity contribution < 1.29 is 4.74 Å². The van der Waals surface area contributed by atoms with Crippen molar-refractivity contribution in [1.29, 1.82) is 0 Å². The first kappa shape index (κ1) is 15.0. The first-order valence-corrected chi connectivity index (χ1v) is 8.33. The molecule has 3 unspecified atom stereocenters. The van der Waals surface area contributed by atoms with Gasteiger partial charge in [0.15, 0.2) is 0 Å². The van der Waals surface area contributed by atoms with Crippen LogP contribution >= 0.6 is 0 Å². The Bertz CT molecular complexity index is 444. The van der Waals surface area contributed by atoms with Crippen molar-refractivity contribution in [2.45, 2.75) is 50.7 Å². The van der Waals surface area contributed by atoms with Crippen LogP contribution < -0.4 is 5.32 Å². The van der Waals surface area contributed by atoms with Gasteiger partial charge in [-0.15, -0.1) is 0 Å². The van der Waals surface area contributed by atoms with Crippen LogP contribution in [-0.4, -0.2) is 48.8 Å². The van der Waals surface area contributed by atoms with Crippen LogP contribution in [0.25, 0.3) is 0 Å².